The Balaban J connectivity index is 1.41. The maximum Gasteiger partial charge on any atom is 0.267 e. The molecule has 0 spiro atoms. The summed E-state index contributed by atoms with van der Waals surface area (Å²) in [6.45, 7) is 0. The lowest BCUT2D eigenvalue weighted by molar-refractivity contribution is 0.103. The van der Waals surface area contributed by atoms with Gasteiger partial charge < -0.3 is 5.32 Å². The van der Waals surface area contributed by atoms with Crippen molar-refractivity contribution in [3.8, 4) is 5.82 Å². The van der Waals surface area contributed by atoms with Gasteiger partial charge in [0.05, 0.1) is 27.9 Å². The van der Waals surface area contributed by atoms with Crippen molar-refractivity contribution in [1.29, 1.82) is 0 Å². The van der Waals surface area contributed by atoms with Crippen molar-refractivity contribution in [1.82, 2.24) is 14.5 Å². The molecule has 0 aliphatic carbocycles. The molecule has 5 rings (SSSR count). The Labute approximate surface area is 169 Å². The second kappa shape index (κ2) is 6.74. The van der Waals surface area contributed by atoms with Gasteiger partial charge in [0.1, 0.15) is 17.0 Å². The number of imidazole rings is 1. The van der Waals surface area contributed by atoms with Crippen molar-refractivity contribution in [2.75, 3.05) is 5.32 Å². The lowest BCUT2D eigenvalue weighted by atomic mass is 10.2. The molecule has 3 heterocycles. The van der Waals surface area contributed by atoms with Crippen LogP contribution in [0.1, 0.15) is 9.67 Å². The molecule has 0 saturated heterocycles. The number of fused-ring (bicyclic) bond motifs is 2. The van der Waals surface area contributed by atoms with E-state index in [0.717, 1.165) is 26.9 Å². The van der Waals surface area contributed by atoms with Crippen LogP contribution in [0.25, 0.3) is 26.9 Å². The number of pyridine rings is 1. The van der Waals surface area contributed by atoms with E-state index in [0.29, 0.717) is 15.6 Å². The van der Waals surface area contributed by atoms with Crippen LogP contribution in [0.15, 0.2) is 73.2 Å². The van der Waals surface area contributed by atoms with Gasteiger partial charge in [-0.05, 0) is 30.3 Å². The third kappa shape index (κ3) is 2.83. The van der Waals surface area contributed by atoms with E-state index in [9.17, 15) is 4.79 Å². The Morgan fingerprint density at radius 2 is 1.82 bits per heavy atom. The topological polar surface area (TPSA) is 59.8 Å². The predicted molar refractivity (Wildman–Crippen MR) is 114 cm³/mol. The highest BCUT2D eigenvalue weighted by Crippen LogP contribution is 2.35. The van der Waals surface area contributed by atoms with Crippen molar-refractivity contribution in [3.63, 3.8) is 0 Å². The van der Waals surface area contributed by atoms with Crippen LogP contribution in [0, 0.1) is 0 Å². The van der Waals surface area contributed by atoms with Gasteiger partial charge in [-0.1, -0.05) is 41.9 Å². The monoisotopic (exact) mass is 404 g/mol. The number of amides is 1. The number of carbonyl (C=O) groups is 1. The van der Waals surface area contributed by atoms with E-state index in [1.807, 2.05) is 65.2 Å². The zero-order valence-electron chi connectivity index (χ0n) is 14.5. The van der Waals surface area contributed by atoms with E-state index in [1.165, 1.54) is 11.3 Å². The van der Waals surface area contributed by atoms with Crippen LogP contribution in [0.3, 0.4) is 0 Å². The summed E-state index contributed by atoms with van der Waals surface area (Å²) in [6, 6.07) is 19.2. The summed E-state index contributed by atoms with van der Waals surface area (Å²) in [7, 11) is 0. The predicted octanol–water partition coefficient (Wildman–Crippen LogP) is 5.54. The number of nitrogens with zero attached hydrogens (tertiary/aromatic N) is 3. The van der Waals surface area contributed by atoms with Crippen molar-refractivity contribution in [3.05, 3.63) is 83.1 Å². The maximum atomic E-state index is 12.7. The van der Waals surface area contributed by atoms with E-state index in [2.05, 4.69) is 15.3 Å². The van der Waals surface area contributed by atoms with E-state index < -0.39 is 0 Å². The number of anilines is 1. The third-order valence-corrected chi connectivity index (χ3v) is 6.12. The zero-order chi connectivity index (χ0) is 19.1. The molecule has 1 N–H and O–H groups in total. The molecule has 0 saturated carbocycles. The molecule has 5 nitrogen and oxygen atoms in total. The van der Waals surface area contributed by atoms with E-state index in [1.54, 1.807) is 12.5 Å². The Morgan fingerprint density at radius 1 is 1.00 bits per heavy atom. The molecule has 3 aromatic heterocycles. The van der Waals surface area contributed by atoms with Crippen LogP contribution in [0.5, 0.6) is 0 Å². The summed E-state index contributed by atoms with van der Waals surface area (Å²) in [4.78, 5) is 22.0. The Hall–Kier alpha value is -3.22. The lowest BCUT2D eigenvalue weighted by Gasteiger charge is -2.06. The molecule has 0 bridgehead atoms. The molecule has 1 amide bonds. The van der Waals surface area contributed by atoms with Gasteiger partial charge in [-0.25, -0.2) is 9.97 Å². The number of aromatic nitrogens is 3. The molecule has 0 fully saturated rings. The number of hydrogen-bond donors (Lipinski definition) is 1. The minimum atomic E-state index is -0.242. The van der Waals surface area contributed by atoms with Gasteiger partial charge in [0.15, 0.2) is 0 Å². The fourth-order valence-corrected chi connectivity index (χ4v) is 4.50. The standard InChI is InChI=1S/C21H13ClN4OS/c22-19-14-5-1-4-8-17(14)28-20(19)21(27)25-13-9-10-18(23-11-13)26-12-24-15-6-2-3-7-16(15)26/h1-12H,(H,25,27). The third-order valence-electron chi connectivity index (χ3n) is 4.45. The van der Waals surface area contributed by atoms with Gasteiger partial charge in [0.2, 0.25) is 0 Å². The first-order valence-corrected chi connectivity index (χ1v) is 9.77. The summed E-state index contributed by atoms with van der Waals surface area (Å²) in [5.74, 6) is 0.487. The van der Waals surface area contributed by atoms with E-state index in [-0.39, 0.29) is 5.91 Å². The molecule has 5 aromatic rings. The smallest absolute Gasteiger partial charge is 0.267 e. The first kappa shape index (κ1) is 16.9. The van der Waals surface area contributed by atoms with Gasteiger partial charge in [0, 0.05) is 10.1 Å². The minimum Gasteiger partial charge on any atom is -0.320 e. The van der Waals surface area contributed by atoms with Gasteiger partial charge in [-0.15, -0.1) is 11.3 Å². The Bertz CT molecular complexity index is 1320. The highest BCUT2D eigenvalue weighted by Gasteiger charge is 2.17. The molecule has 7 heteroatoms. The van der Waals surface area contributed by atoms with E-state index >= 15 is 0 Å². The highest BCUT2D eigenvalue weighted by atomic mass is 35.5. The average Bonchev–Trinajstić information content (AvgIpc) is 3.30. The average molecular weight is 405 g/mol. The number of hydrogen-bond acceptors (Lipinski definition) is 4. The molecule has 0 unspecified atom stereocenters. The molecule has 0 aliphatic rings. The van der Waals surface area contributed by atoms with Crippen molar-refractivity contribution < 1.29 is 4.79 Å². The second-order valence-corrected chi connectivity index (χ2v) is 7.63. The van der Waals surface area contributed by atoms with Crippen molar-refractivity contribution >= 4 is 55.7 Å². The first-order valence-electron chi connectivity index (χ1n) is 8.57. The van der Waals surface area contributed by atoms with Crippen LogP contribution in [0.2, 0.25) is 5.02 Å². The quantitative estimate of drug-likeness (QED) is 0.429. The summed E-state index contributed by atoms with van der Waals surface area (Å²) in [5, 5.41) is 4.24. The fraction of sp³-hybridized carbons (Fsp3) is 0. The lowest BCUT2D eigenvalue weighted by Crippen LogP contribution is -2.11. The van der Waals surface area contributed by atoms with Crippen LogP contribution in [-0.2, 0) is 0 Å². The number of carbonyl (C=O) groups excluding carboxylic acids is 1. The summed E-state index contributed by atoms with van der Waals surface area (Å²) < 4.78 is 2.89. The Morgan fingerprint density at radius 3 is 2.64 bits per heavy atom. The van der Waals surface area contributed by atoms with Crippen LogP contribution >= 0.6 is 22.9 Å². The molecule has 0 atom stereocenters. The van der Waals surface area contributed by atoms with Gasteiger partial charge >= 0.3 is 0 Å². The molecular weight excluding hydrogens is 392 g/mol. The summed E-state index contributed by atoms with van der Waals surface area (Å²) in [5.41, 5.74) is 2.48. The largest absolute Gasteiger partial charge is 0.320 e. The van der Waals surface area contributed by atoms with Crippen LogP contribution in [-0.4, -0.2) is 20.4 Å². The van der Waals surface area contributed by atoms with Gasteiger partial charge in [0.25, 0.3) is 5.91 Å². The number of para-hydroxylation sites is 2. The van der Waals surface area contributed by atoms with Crippen molar-refractivity contribution in [2.24, 2.45) is 0 Å². The molecule has 28 heavy (non-hydrogen) atoms. The zero-order valence-corrected chi connectivity index (χ0v) is 16.0. The number of nitrogens with one attached hydrogen (secondary N) is 1. The van der Waals surface area contributed by atoms with Crippen molar-refractivity contribution in [2.45, 2.75) is 0 Å². The number of halogens is 1. The minimum absolute atomic E-state index is 0.242. The second-order valence-electron chi connectivity index (χ2n) is 6.20. The summed E-state index contributed by atoms with van der Waals surface area (Å²) in [6.07, 6.45) is 3.37. The Kier molecular flexibility index (Phi) is 4.07. The molecular formula is C21H13ClN4OS. The molecule has 2 aromatic carbocycles. The normalized spacial score (nSPS) is 11.2. The van der Waals surface area contributed by atoms with Gasteiger partial charge in [-0.2, -0.15) is 0 Å². The number of benzene rings is 2. The van der Waals surface area contributed by atoms with Crippen LogP contribution in [0.4, 0.5) is 5.69 Å². The van der Waals surface area contributed by atoms with Crippen LogP contribution < -0.4 is 5.32 Å². The summed E-state index contributed by atoms with van der Waals surface area (Å²) >= 11 is 7.77. The molecule has 136 valence electrons. The highest BCUT2D eigenvalue weighted by molar-refractivity contribution is 7.21. The fourth-order valence-electron chi connectivity index (χ4n) is 3.09. The maximum absolute atomic E-state index is 12.7. The molecule has 0 aliphatic heterocycles. The SMILES string of the molecule is O=C(Nc1ccc(-n2cnc3ccccc32)nc1)c1sc2ccccc2c1Cl. The first-order chi connectivity index (χ1) is 13.7. The molecule has 0 radical (unpaired) electrons. The van der Waals surface area contributed by atoms with E-state index in [4.69, 9.17) is 11.6 Å². The number of thiophene rings is 1. The van der Waals surface area contributed by atoms with Gasteiger partial charge in [-0.3, -0.25) is 9.36 Å². The number of rotatable bonds is 3.